The molecular formula is C24H27ClFN7O3S. The molecule has 0 radical (unpaired) electrons. The zero-order chi connectivity index (χ0) is 26.9. The normalized spacial score (nSPS) is 27.9. The molecule has 3 atom stereocenters. The largest absolute Gasteiger partial charge is 0.350 e. The van der Waals surface area contributed by atoms with Gasteiger partial charge in [0.2, 0.25) is 0 Å². The van der Waals surface area contributed by atoms with Crippen LogP contribution in [0.25, 0.3) is 0 Å². The number of nitriles is 1. The lowest BCUT2D eigenvalue weighted by molar-refractivity contribution is -0.142. The van der Waals surface area contributed by atoms with E-state index in [0.29, 0.717) is 35.6 Å². The average Bonchev–Trinajstić information content (AvgIpc) is 3.14. The highest BCUT2D eigenvalue weighted by Crippen LogP contribution is 2.47. The molecule has 13 heteroatoms. The lowest BCUT2D eigenvalue weighted by Crippen LogP contribution is -2.66. The standard InChI is InChI=1S/C24H27ClFN7O3S/c1-14-11-32(22(34)24(26)5-6-37(24,35)36)15(2)10-31(14)20-19-21(30-13-29-20)33(12-23(19,3)4)18-7-17(25)16(8-27)9-28-18/h7,9,13-15H,5-6,10-12H2,1-4H3/t14-,15+,24?/m0/s1. The maximum atomic E-state index is 15.1. The molecule has 2 saturated heterocycles. The van der Waals surface area contributed by atoms with E-state index in [2.05, 4.69) is 33.7 Å². The molecule has 1 unspecified atom stereocenters. The number of nitrogens with zero attached hydrogens (tertiary/aromatic N) is 7. The van der Waals surface area contributed by atoms with Crippen molar-refractivity contribution < 1.29 is 17.6 Å². The van der Waals surface area contributed by atoms with E-state index < -0.39 is 26.8 Å². The summed E-state index contributed by atoms with van der Waals surface area (Å²) in [6.45, 7) is 8.90. The van der Waals surface area contributed by atoms with Crippen molar-refractivity contribution in [3.8, 4) is 6.07 Å². The Bertz CT molecular complexity index is 1450. The molecule has 5 heterocycles. The molecule has 0 aliphatic carbocycles. The Balaban J connectivity index is 1.47. The Morgan fingerprint density at radius 2 is 1.89 bits per heavy atom. The molecule has 0 saturated carbocycles. The second-order valence-electron chi connectivity index (χ2n) is 10.6. The summed E-state index contributed by atoms with van der Waals surface area (Å²) in [6.07, 6.45) is 2.61. The number of hydrogen-bond donors (Lipinski definition) is 0. The Kier molecular flexibility index (Phi) is 5.88. The Morgan fingerprint density at radius 1 is 1.19 bits per heavy atom. The maximum Gasteiger partial charge on any atom is 0.288 e. The molecule has 10 nitrogen and oxygen atoms in total. The predicted octanol–water partition coefficient (Wildman–Crippen LogP) is 2.74. The van der Waals surface area contributed by atoms with Gasteiger partial charge in [0.05, 0.1) is 16.3 Å². The number of pyridine rings is 1. The van der Waals surface area contributed by atoms with Gasteiger partial charge in [-0.2, -0.15) is 5.26 Å². The van der Waals surface area contributed by atoms with Gasteiger partial charge >= 0.3 is 0 Å². The monoisotopic (exact) mass is 547 g/mol. The molecule has 0 spiro atoms. The third-order valence-corrected chi connectivity index (χ3v) is 9.97. The van der Waals surface area contributed by atoms with Crippen molar-refractivity contribution in [2.45, 2.75) is 56.6 Å². The van der Waals surface area contributed by atoms with Crippen molar-refractivity contribution in [2.75, 3.05) is 35.2 Å². The van der Waals surface area contributed by atoms with Gasteiger partial charge in [-0.25, -0.2) is 27.8 Å². The molecule has 37 heavy (non-hydrogen) atoms. The number of amides is 1. The van der Waals surface area contributed by atoms with Gasteiger partial charge in [-0.15, -0.1) is 0 Å². The number of hydrogen-bond acceptors (Lipinski definition) is 9. The fraction of sp³-hybridized carbons (Fsp3) is 0.542. The van der Waals surface area contributed by atoms with Crippen LogP contribution in [0.3, 0.4) is 0 Å². The van der Waals surface area contributed by atoms with Gasteiger partial charge in [0.15, 0.2) is 9.84 Å². The number of alkyl halides is 1. The zero-order valence-corrected chi connectivity index (χ0v) is 22.5. The van der Waals surface area contributed by atoms with Crippen LogP contribution in [0.5, 0.6) is 0 Å². The van der Waals surface area contributed by atoms with Crippen LogP contribution in [0.15, 0.2) is 18.6 Å². The van der Waals surface area contributed by atoms with E-state index in [0.717, 1.165) is 5.56 Å². The number of fused-ring (bicyclic) bond motifs is 1. The molecule has 0 aromatic carbocycles. The number of anilines is 3. The lowest BCUT2D eigenvalue weighted by atomic mass is 9.87. The van der Waals surface area contributed by atoms with Gasteiger partial charge in [0, 0.05) is 61.4 Å². The second kappa shape index (κ2) is 8.49. The van der Waals surface area contributed by atoms with Crippen molar-refractivity contribution in [3.05, 3.63) is 34.7 Å². The van der Waals surface area contributed by atoms with E-state index in [1.165, 1.54) is 17.4 Å². The van der Waals surface area contributed by atoms with Gasteiger partial charge in [-0.1, -0.05) is 25.4 Å². The molecule has 2 fully saturated rings. The van der Waals surface area contributed by atoms with Crippen LogP contribution in [0.1, 0.15) is 45.2 Å². The third kappa shape index (κ3) is 3.82. The van der Waals surface area contributed by atoms with E-state index >= 15 is 4.39 Å². The summed E-state index contributed by atoms with van der Waals surface area (Å²) >= 11 is 6.27. The molecular weight excluding hydrogens is 521 g/mol. The molecule has 5 rings (SSSR count). The molecule has 3 aliphatic rings. The lowest BCUT2D eigenvalue weighted by Gasteiger charge is -2.47. The summed E-state index contributed by atoms with van der Waals surface area (Å²) in [6, 6.07) is 2.97. The van der Waals surface area contributed by atoms with Crippen LogP contribution >= 0.6 is 11.6 Å². The summed E-state index contributed by atoms with van der Waals surface area (Å²) in [7, 11) is -4.07. The second-order valence-corrected chi connectivity index (χ2v) is 13.3. The van der Waals surface area contributed by atoms with Crippen molar-refractivity contribution in [2.24, 2.45) is 0 Å². The Hall–Kier alpha value is -3.04. The van der Waals surface area contributed by atoms with Crippen LogP contribution in [0.4, 0.5) is 21.8 Å². The number of carbonyl (C=O) groups excluding carboxylic acids is 1. The summed E-state index contributed by atoms with van der Waals surface area (Å²) in [5.41, 5.74) is 0.805. The van der Waals surface area contributed by atoms with E-state index in [4.69, 9.17) is 11.6 Å². The summed E-state index contributed by atoms with van der Waals surface area (Å²) in [5.74, 6) is 0.657. The first kappa shape index (κ1) is 25.6. The van der Waals surface area contributed by atoms with E-state index in [-0.39, 0.29) is 35.7 Å². The Morgan fingerprint density at radius 3 is 2.49 bits per heavy atom. The van der Waals surface area contributed by atoms with E-state index in [9.17, 15) is 18.5 Å². The summed E-state index contributed by atoms with van der Waals surface area (Å²) < 4.78 is 39.1. The molecule has 0 N–H and O–H groups in total. The SMILES string of the molecule is C[C@@H]1CN(c2ncnc3c2C(C)(C)CN3c2cc(Cl)c(C#N)cn2)[C@@H](C)CN1C(=O)C1(F)CCS1(=O)=O. The van der Waals surface area contributed by atoms with Crippen molar-refractivity contribution in [1.29, 1.82) is 5.26 Å². The fourth-order valence-electron chi connectivity index (χ4n) is 5.39. The molecule has 3 aliphatic heterocycles. The maximum absolute atomic E-state index is 15.1. The molecule has 0 bridgehead atoms. The Labute approximate surface area is 220 Å². The van der Waals surface area contributed by atoms with Gasteiger partial charge in [-0.05, 0) is 13.8 Å². The number of aromatic nitrogens is 3. The highest BCUT2D eigenvalue weighted by Gasteiger charge is 2.61. The summed E-state index contributed by atoms with van der Waals surface area (Å²) in [5, 5.41) is 6.67. The summed E-state index contributed by atoms with van der Waals surface area (Å²) in [4.78, 5) is 31.9. The van der Waals surface area contributed by atoms with Gasteiger partial charge in [-0.3, -0.25) is 4.79 Å². The number of sulfone groups is 1. The highest BCUT2D eigenvalue weighted by atomic mass is 35.5. The van der Waals surface area contributed by atoms with Crippen LogP contribution in [-0.2, 0) is 20.0 Å². The minimum atomic E-state index is -4.07. The first-order chi connectivity index (χ1) is 17.3. The number of piperazine rings is 1. The van der Waals surface area contributed by atoms with Crippen molar-refractivity contribution in [1.82, 2.24) is 19.9 Å². The number of carbonyl (C=O) groups is 1. The first-order valence-electron chi connectivity index (χ1n) is 12.0. The van der Waals surface area contributed by atoms with Gasteiger partial charge in [0.25, 0.3) is 10.9 Å². The number of halogens is 2. The van der Waals surface area contributed by atoms with Crippen LogP contribution in [-0.4, -0.2) is 76.6 Å². The third-order valence-electron chi connectivity index (χ3n) is 7.55. The number of rotatable bonds is 3. The van der Waals surface area contributed by atoms with Crippen LogP contribution < -0.4 is 9.80 Å². The quantitative estimate of drug-likeness (QED) is 0.570. The highest BCUT2D eigenvalue weighted by molar-refractivity contribution is 7.94. The van der Waals surface area contributed by atoms with E-state index in [1.807, 2.05) is 17.9 Å². The van der Waals surface area contributed by atoms with Crippen molar-refractivity contribution in [3.63, 3.8) is 0 Å². The van der Waals surface area contributed by atoms with Gasteiger partial charge in [0.1, 0.15) is 29.9 Å². The van der Waals surface area contributed by atoms with Crippen LogP contribution in [0.2, 0.25) is 5.02 Å². The topological polar surface area (TPSA) is 123 Å². The molecule has 2 aromatic rings. The zero-order valence-electron chi connectivity index (χ0n) is 20.9. The molecule has 2 aromatic heterocycles. The van der Waals surface area contributed by atoms with E-state index in [1.54, 1.807) is 13.0 Å². The average molecular weight is 548 g/mol. The minimum Gasteiger partial charge on any atom is -0.350 e. The fourth-order valence-corrected chi connectivity index (χ4v) is 6.86. The van der Waals surface area contributed by atoms with Crippen LogP contribution in [0, 0.1) is 11.3 Å². The molecule has 1 amide bonds. The smallest absolute Gasteiger partial charge is 0.288 e. The molecule has 196 valence electrons. The van der Waals surface area contributed by atoms with Gasteiger partial charge < -0.3 is 14.7 Å². The minimum absolute atomic E-state index is 0.164. The van der Waals surface area contributed by atoms with Crippen molar-refractivity contribution >= 4 is 44.8 Å². The predicted molar refractivity (Wildman–Crippen MR) is 136 cm³/mol. The first-order valence-corrected chi connectivity index (χ1v) is 14.0.